The fourth-order valence-electron chi connectivity index (χ4n) is 0.652. The Bertz CT molecular complexity index is 111. The molecule has 43 valence electrons. The first-order chi connectivity index (χ1) is 3.93. The Balaban J connectivity index is 2.42. The predicted molar refractivity (Wildman–Crippen MR) is 28.4 cm³/mol. The van der Waals surface area contributed by atoms with E-state index in [1.54, 1.807) is 6.29 Å². The lowest BCUT2D eigenvalue weighted by atomic mass is 10.2. The van der Waals surface area contributed by atoms with Gasteiger partial charge >= 0.3 is 0 Å². The maximum atomic E-state index is 9.88. The molecular formula is C5H7N2O. The molecule has 0 amide bonds. The van der Waals surface area contributed by atoms with Gasteiger partial charge in [0.15, 0.2) is 0 Å². The van der Waals surface area contributed by atoms with Gasteiger partial charge in [0.25, 0.3) is 0 Å². The van der Waals surface area contributed by atoms with Gasteiger partial charge in [-0.3, -0.25) is 4.79 Å². The van der Waals surface area contributed by atoms with Crippen LogP contribution in [-0.4, -0.2) is 18.9 Å². The zero-order valence-electron chi connectivity index (χ0n) is 4.50. The van der Waals surface area contributed by atoms with Crippen LogP contribution >= 0.6 is 0 Å². The minimum atomic E-state index is -0.260. The van der Waals surface area contributed by atoms with Crippen LogP contribution in [0.15, 0.2) is 10.2 Å². The Labute approximate surface area is 47.8 Å². The van der Waals surface area contributed by atoms with E-state index in [1.165, 1.54) is 0 Å². The molecule has 1 radical (unpaired) electrons. The van der Waals surface area contributed by atoms with E-state index in [1.807, 2.05) is 0 Å². The van der Waals surface area contributed by atoms with Gasteiger partial charge < -0.3 is 0 Å². The van der Waals surface area contributed by atoms with Gasteiger partial charge in [-0.2, -0.15) is 10.2 Å². The van der Waals surface area contributed by atoms with Crippen molar-refractivity contribution >= 4 is 6.29 Å². The maximum absolute atomic E-state index is 9.88. The minimum Gasteiger partial charge on any atom is -0.288 e. The minimum absolute atomic E-state index is 0.260. The average molecular weight is 111 g/mol. The molecule has 1 unspecified atom stereocenters. The SMILES string of the molecule is O=[C]C1CCCN=N1. The van der Waals surface area contributed by atoms with E-state index in [-0.39, 0.29) is 6.04 Å². The largest absolute Gasteiger partial charge is 0.288 e. The monoisotopic (exact) mass is 111 g/mol. The Morgan fingerprint density at radius 1 is 1.62 bits per heavy atom. The lowest BCUT2D eigenvalue weighted by Gasteiger charge is -2.04. The third-order valence-electron chi connectivity index (χ3n) is 1.09. The predicted octanol–water partition coefficient (Wildman–Crippen LogP) is 0.711. The summed E-state index contributed by atoms with van der Waals surface area (Å²) in [5.41, 5.74) is 0. The first-order valence-corrected chi connectivity index (χ1v) is 2.68. The van der Waals surface area contributed by atoms with Gasteiger partial charge in [0, 0.05) is 0 Å². The van der Waals surface area contributed by atoms with Gasteiger partial charge in [0.1, 0.15) is 6.04 Å². The summed E-state index contributed by atoms with van der Waals surface area (Å²) in [7, 11) is 0. The number of carbonyl (C=O) groups excluding carboxylic acids is 1. The van der Waals surface area contributed by atoms with Crippen LogP contribution in [0.5, 0.6) is 0 Å². The molecule has 1 rings (SSSR count). The van der Waals surface area contributed by atoms with Crippen LogP contribution in [0.3, 0.4) is 0 Å². The topological polar surface area (TPSA) is 41.8 Å². The highest BCUT2D eigenvalue weighted by Crippen LogP contribution is 2.05. The Morgan fingerprint density at radius 2 is 2.50 bits per heavy atom. The first-order valence-electron chi connectivity index (χ1n) is 2.68. The second kappa shape index (κ2) is 2.55. The molecule has 0 aromatic rings. The zero-order valence-corrected chi connectivity index (χ0v) is 4.50. The van der Waals surface area contributed by atoms with Crippen LogP contribution in [0.2, 0.25) is 0 Å². The summed E-state index contributed by atoms with van der Waals surface area (Å²) >= 11 is 0. The molecule has 1 atom stereocenters. The smallest absolute Gasteiger partial charge is 0.227 e. The quantitative estimate of drug-likeness (QED) is 0.491. The molecular weight excluding hydrogens is 104 g/mol. The van der Waals surface area contributed by atoms with Crippen molar-refractivity contribution in [2.45, 2.75) is 18.9 Å². The Kier molecular flexibility index (Phi) is 1.72. The van der Waals surface area contributed by atoms with Gasteiger partial charge in [-0.25, -0.2) is 0 Å². The lowest BCUT2D eigenvalue weighted by molar-refractivity contribution is 0.513. The highest BCUT2D eigenvalue weighted by molar-refractivity contribution is 5.58. The van der Waals surface area contributed by atoms with E-state index in [2.05, 4.69) is 10.2 Å². The van der Waals surface area contributed by atoms with E-state index in [0.717, 1.165) is 19.4 Å². The second-order valence-electron chi connectivity index (χ2n) is 1.76. The molecule has 0 saturated heterocycles. The van der Waals surface area contributed by atoms with Crippen molar-refractivity contribution in [2.24, 2.45) is 10.2 Å². The van der Waals surface area contributed by atoms with Gasteiger partial charge in [0.2, 0.25) is 6.29 Å². The molecule has 0 aromatic heterocycles. The van der Waals surface area contributed by atoms with Crippen LogP contribution in [0.4, 0.5) is 0 Å². The number of azo groups is 1. The fraction of sp³-hybridized carbons (Fsp3) is 0.800. The van der Waals surface area contributed by atoms with E-state index >= 15 is 0 Å². The van der Waals surface area contributed by atoms with Crippen molar-refractivity contribution in [2.75, 3.05) is 6.54 Å². The molecule has 8 heavy (non-hydrogen) atoms. The molecule has 3 heteroatoms. The van der Waals surface area contributed by atoms with Crippen molar-refractivity contribution in [3.8, 4) is 0 Å². The van der Waals surface area contributed by atoms with E-state index in [4.69, 9.17) is 0 Å². The summed E-state index contributed by atoms with van der Waals surface area (Å²) < 4.78 is 0. The average Bonchev–Trinajstić information content (AvgIpc) is 1.90. The summed E-state index contributed by atoms with van der Waals surface area (Å²) in [6.45, 7) is 0.776. The molecule has 3 nitrogen and oxygen atoms in total. The van der Waals surface area contributed by atoms with Crippen molar-refractivity contribution in [1.82, 2.24) is 0 Å². The van der Waals surface area contributed by atoms with Crippen molar-refractivity contribution < 1.29 is 4.79 Å². The summed E-state index contributed by atoms with van der Waals surface area (Å²) in [6.07, 6.45) is 3.60. The van der Waals surface area contributed by atoms with Gasteiger partial charge in [0.05, 0.1) is 6.54 Å². The number of rotatable bonds is 1. The third kappa shape index (κ3) is 1.12. The van der Waals surface area contributed by atoms with Gasteiger partial charge in [-0.05, 0) is 12.8 Å². The number of hydrogen-bond acceptors (Lipinski definition) is 3. The van der Waals surface area contributed by atoms with Crippen molar-refractivity contribution in [1.29, 1.82) is 0 Å². The summed E-state index contributed by atoms with van der Waals surface area (Å²) in [6, 6.07) is -0.260. The number of hydrogen-bond donors (Lipinski definition) is 0. The van der Waals surface area contributed by atoms with Crippen LogP contribution in [0.1, 0.15) is 12.8 Å². The molecule has 0 aliphatic carbocycles. The van der Waals surface area contributed by atoms with E-state index < -0.39 is 0 Å². The summed E-state index contributed by atoms with van der Waals surface area (Å²) in [5, 5.41) is 7.34. The van der Waals surface area contributed by atoms with Crippen LogP contribution in [-0.2, 0) is 4.79 Å². The maximum Gasteiger partial charge on any atom is 0.227 e. The van der Waals surface area contributed by atoms with E-state index in [0.29, 0.717) is 0 Å². The molecule has 1 aliphatic heterocycles. The molecule has 1 heterocycles. The van der Waals surface area contributed by atoms with Crippen LogP contribution in [0, 0.1) is 0 Å². The lowest BCUT2D eigenvalue weighted by Crippen LogP contribution is -2.09. The van der Waals surface area contributed by atoms with Gasteiger partial charge in [-0.1, -0.05) is 0 Å². The van der Waals surface area contributed by atoms with Gasteiger partial charge in [-0.15, -0.1) is 0 Å². The number of nitrogens with zero attached hydrogens (tertiary/aromatic N) is 2. The molecule has 1 aliphatic rings. The van der Waals surface area contributed by atoms with Crippen molar-refractivity contribution in [3.05, 3.63) is 0 Å². The molecule has 0 fully saturated rings. The Morgan fingerprint density at radius 3 is 2.88 bits per heavy atom. The van der Waals surface area contributed by atoms with Crippen LogP contribution < -0.4 is 0 Å². The Hall–Kier alpha value is -0.730. The van der Waals surface area contributed by atoms with Crippen molar-refractivity contribution in [3.63, 3.8) is 0 Å². The standard InChI is InChI=1S/C5H7N2O/c8-4-5-2-1-3-6-7-5/h5H,1-3H2. The molecule has 0 aromatic carbocycles. The zero-order chi connectivity index (χ0) is 5.82. The first kappa shape index (κ1) is 5.41. The highest BCUT2D eigenvalue weighted by atomic mass is 16.1. The van der Waals surface area contributed by atoms with Crippen LogP contribution in [0.25, 0.3) is 0 Å². The second-order valence-corrected chi connectivity index (χ2v) is 1.76. The third-order valence-corrected chi connectivity index (χ3v) is 1.09. The summed E-state index contributed by atoms with van der Waals surface area (Å²) in [4.78, 5) is 9.88. The highest BCUT2D eigenvalue weighted by Gasteiger charge is 2.08. The molecule has 0 saturated carbocycles. The molecule has 0 N–H and O–H groups in total. The fourth-order valence-corrected chi connectivity index (χ4v) is 0.652. The summed E-state index contributed by atoms with van der Waals surface area (Å²) in [5.74, 6) is 0. The normalized spacial score (nSPS) is 27.8. The molecule has 0 bridgehead atoms. The molecule has 0 spiro atoms. The van der Waals surface area contributed by atoms with E-state index in [9.17, 15) is 4.79 Å².